The number of esters is 2. The van der Waals surface area contributed by atoms with E-state index in [9.17, 15) is 14.4 Å². The van der Waals surface area contributed by atoms with Crippen LogP contribution in [-0.4, -0.2) is 36.1 Å². The van der Waals surface area contributed by atoms with Crippen LogP contribution in [0.1, 0.15) is 33.3 Å². The molecule has 0 aliphatic carbocycles. The molecule has 6 heteroatoms. The lowest BCUT2D eigenvalue weighted by Crippen LogP contribution is -2.42. The smallest absolute Gasteiger partial charge is 0.325 e. The highest BCUT2D eigenvalue weighted by Crippen LogP contribution is 2.08. The summed E-state index contributed by atoms with van der Waals surface area (Å²) in [6, 6.07) is 9.18. The highest BCUT2D eigenvalue weighted by Gasteiger charge is 2.23. The molecule has 0 aromatic heterocycles. The molecule has 0 aliphatic rings. The molecule has 1 aromatic rings. The Bertz CT molecular complexity index is 548. The average Bonchev–Trinajstić information content (AvgIpc) is 2.43. The third kappa shape index (κ3) is 7.99. The molecule has 1 amide bonds. The first kappa shape index (κ1) is 18.7. The zero-order valence-corrected chi connectivity index (χ0v) is 13.9. The molecule has 1 aromatic carbocycles. The lowest BCUT2D eigenvalue weighted by Gasteiger charge is -2.20. The Morgan fingerprint density at radius 2 is 1.74 bits per heavy atom. The Balaban J connectivity index is 2.62. The summed E-state index contributed by atoms with van der Waals surface area (Å²) < 4.78 is 10.2. The van der Waals surface area contributed by atoms with Crippen LogP contribution in [0, 0.1) is 0 Å². The molecule has 0 spiro atoms. The van der Waals surface area contributed by atoms with Gasteiger partial charge in [0.15, 0.2) is 6.10 Å². The summed E-state index contributed by atoms with van der Waals surface area (Å²) in [5.41, 5.74) is 0.229. The van der Waals surface area contributed by atoms with Crippen molar-refractivity contribution < 1.29 is 23.9 Å². The van der Waals surface area contributed by atoms with E-state index >= 15 is 0 Å². The van der Waals surface area contributed by atoms with Crippen LogP contribution in [0.15, 0.2) is 30.3 Å². The molecule has 1 unspecified atom stereocenters. The predicted octanol–water partition coefficient (Wildman–Crippen LogP) is 1.62. The molecule has 0 saturated heterocycles. The highest BCUT2D eigenvalue weighted by atomic mass is 16.6. The molecule has 1 rings (SSSR count). The van der Waals surface area contributed by atoms with Crippen molar-refractivity contribution in [3.8, 4) is 0 Å². The maximum absolute atomic E-state index is 12.2. The van der Waals surface area contributed by atoms with Crippen molar-refractivity contribution >= 4 is 17.8 Å². The van der Waals surface area contributed by atoms with Crippen LogP contribution in [0.3, 0.4) is 0 Å². The maximum atomic E-state index is 12.2. The van der Waals surface area contributed by atoms with Crippen molar-refractivity contribution in [3.05, 3.63) is 35.9 Å². The fourth-order valence-electron chi connectivity index (χ4n) is 1.87. The van der Waals surface area contributed by atoms with Gasteiger partial charge in [0.1, 0.15) is 12.1 Å². The average molecular weight is 321 g/mol. The number of carbonyl (C=O) groups excluding carboxylic acids is 3. The standard InChI is InChI=1S/C17H23NO5/c1-12(19)22-14(10-13-8-6-5-7-9-13)16(21)18-11-15(20)23-17(2,3)4/h5-9,14H,10-11H2,1-4H3,(H,18,21). The fourth-order valence-corrected chi connectivity index (χ4v) is 1.87. The summed E-state index contributed by atoms with van der Waals surface area (Å²) in [5, 5.41) is 2.44. The minimum atomic E-state index is -0.989. The molecule has 0 heterocycles. The Kier molecular flexibility index (Phi) is 6.75. The molecular formula is C17H23NO5. The summed E-state index contributed by atoms with van der Waals surface area (Å²) >= 11 is 0. The van der Waals surface area contributed by atoms with Crippen LogP contribution in [-0.2, 0) is 30.3 Å². The van der Waals surface area contributed by atoms with Gasteiger partial charge in [0.2, 0.25) is 0 Å². The zero-order valence-electron chi connectivity index (χ0n) is 13.9. The summed E-state index contributed by atoms with van der Waals surface area (Å²) in [4.78, 5) is 35.0. The summed E-state index contributed by atoms with van der Waals surface area (Å²) in [6.07, 6.45) is -0.752. The molecule has 0 bridgehead atoms. The Morgan fingerprint density at radius 3 is 2.26 bits per heavy atom. The van der Waals surface area contributed by atoms with Gasteiger partial charge in [-0.3, -0.25) is 14.4 Å². The molecule has 126 valence electrons. The number of hydrogen-bond donors (Lipinski definition) is 1. The predicted molar refractivity (Wildman–Crippen MR) is 84.6 cm³/mol. The van der Waals surface area contributed by atoms with Crippen LogP contribution < -0.4 is 5.32 Å². The zero-order chi connectivity index (χ0) is 17.5. The Morgan fingerprint density at radius 1 is 1.13 bits per heavy atom. The number of benzene rings is 1. The van der Waals surface area contributed by atoms with Crippen molar-refractivity contribution in [2.75, 3.05) is 6.54 Å². The van der Waals surface area contributed by atoms with Crippen molar-refractivity contribution in [2.45, 2.75) is 45.8 Å². The van der Waals surface area contributed by atoms with Crippen molar-refractivity contribution in [3.63, 3.8) is 0 Å². The number of amides is 1. The molecule has 0 radical (unpaired) electrons. The monoisotopic (exact) mass is 321 g/mol. The molecule has 1 atom stereocenters. The van der Waals surface area contributed by atoms with Gasteiger partial charge in [-0.15, -0.1) is 0 Å². The number of ether oxygens (including phenoxy) is 2. The van der Waals surface area contributed by atoms with Crippen LogP contribution in [0.25, 0.3) is 0 Å². The van der Waals surface area contributed by atoms with Gasteiger partial charge in [-0.1, -0.05) is 30.3 Å². The number of hydrogen-bond acceptors (Lipinski definition) is 5. The second-order valence-corrected chi connectivity index (χ2v) is 6.09. The SMILES string of the molecule is CC(=O)OC(Cc1ccccc1)C(=O)NCC(=O)OC(C)(C)C. The van der Waals surface area contributed by atoms with Crippen molar-refractivity contribution in [1.82, 2.24) is 5.32 Å². The Hall–Kier alpha value is -2.37. The number of carbonyl (C=O) groups is 3. The molecular weight excluding hydrogens is 298 g/mol. The van der Waals surface area contributed by atoms with Gasteiger partial charge in [0.05, 0.1) is 0 Å². The highest BCUT2D eigenvalue weighted by molar-refractivity contribution is 5.86. The molecule has 1 N–H and O–H groups in total. The fraction of sp³-hybridized carbons (Fsp3) is 0.471. The summed E-state index contributed by atoms with van der Waals surface area (Å²) in [7, 11) is 0. The number of rotatable bonds is 6. The molecule has 6 nitrogen and oxygen atoms in total. The molecule has 0 saturated carbocycles. The van der Waals surface area contributed by atoms with E-state index in [-0.39, 0.29) is 13.0 Å². The van der Waals surface area contributed by atoms with E-state index in [1.165, 1.54) is 6.92 Å². The van der Waals surface area contributed by atoms with Gasteiger partial charge in [-0.05, 0) is 26.3 Å². The van der Waals surface area contributed by atoms with E-state index in [0.29, 0.717) is 0 Å². The van der Waals surface area contributed by atoms with Gasteiger partial charge in [-0.2, -0.15) is 0 Å². The lowest BCUT2D eigenvalue weighted by molar-refractivity contribution is -0.157. The molecule has 0 fully saturated rings. The first-order valence-electron chi connectivity index (χ1n) is 7.38. The van der Waals surface area contributed by atoms with Crippen LogP contribution in [0.2, 0.25) is 0 Å². The largest absolute Gasteiger partial charge is 0.459 e. The Labute approximate surface area is 136 Å². The second-order valence-electron chi connectivity index (χ2n) is 6.09. The third-order valence-electron chi connectivity index (χ3n) is 2.69. The maximum Gasteiger partial charge on any atom is 0.325 e. The van der Waals surface area contributed by atoms with E-state index in [0.717, 1.165) is 5.56 Å². The van der Waals surface area contributed by atoms with Gasteiger partial charge in [0.25, 0.3) is 5.91 Å². The van der Waals surface area contributed by atoms with Gasteiger partial charge < -0.3 is 14.8 Å². The van der Waals surface area contributed by atoms with E-state index in [2.05, 4.69) is 5.32 Å². The topological polar surface area (TPSA) is 81.7 Å². The molecule has 0 aliphatic heterocycles. The van der Waals surface area contributed by atoms with Crippen LogP contribution in [0.5, 0.6) is 0 Å². The first-order valence-corrected chi connectivity index (χ1v) is 7.38. The van der Waals surface area contributed by atoms with Crippen molar-refractivity contribution in [2.24, 2.45) is 0 Å². The van der Waals surface area contributed by atoms with Gasteiger partial charge in [-0.25, -0.2) is 0 Å². The minimum absolute atomic E-state index is 0.237. The summed E-state index contributed by atoms with van der Waals surface area (Å²) in [6.45, 7) is 6.18. The van der Waals surface area contributed by atoms with Crippen LogP contribution in [0.4, 0.5) is 0 Å². The minimum Gasteiger partial charge on any atom is -0.459 e. The van der Waals surface area contributed by atoms with E-state index in [1.807, 2.05) is 30.3 Å². The first-order chi connectivity index (χ1) is 10.7. The van der Waals surface area contributed by atoms with E-state index in [4.69, 9.17) is 9.47 Å². The van der Waals surface area contributed by atoms with E-state index < -0.39 is 29.6 Å². The second kappa shape index (κ2) is 8.31. The summed E-state index contributed by atoms with van der Waals surface area (Å²) in [5.74, 6) is -1.64. The normalized spacial score (nSPS) is 12.2. The van der Waals surface area contributed by atoms with Gasteiger partial charge >= 0.3 is 11.9 Å². The van der Waals surface area contributed by atoms with E-state index in [1.54, 1.807) is 20.8 Å². The quantitative estimate of drug-likeness (QED) is 0.805. The van der Waals surface area contributed by atoms with Gasteiger partial charge in [0, 0.05) is 13.3 Å². The van der Waals surface area contributed by atoms with Crippen molar-refractivity contribution in [1.29, 1.82) is 0 Å². The van der Waals surface area contributed by atoms with Crippen LogP contribution >= 0.6 is 0 Å². The lowest BCUT2D eigenvalue weighted by atomic mass is 10.1. The third-order valence-corrected chi connectivity index (χ3v) is 2.69. The number of nitrogens with one attached hydrogen (secondary N) is 1. The molecule has 23 heavy (non-hydrogen) atoms.